The highest BCUT2D eigenvalue weighted by molar-refractivity contribution is 6.36. The molecule has 0 saturated heterocycles. The molecule has 1 aromatic heterocycles. The summed E-state index contributed by atoms with van der Waals surface area (Å²) in [4.78, 5) is 49.1. The van der Waals surface area contributed by atoms with Gasteiger partial charge in [0.05, 0.1) is 10.7 Å². The Bertz CT molecular complexity index is 1520. The van der Waals surface area contributed by atoms with E-state index in [-0.39, 0.29) is 30.7 Å². The second-order valence-corrected chi connectivity index (χ2v) is 12.0. The summed E-state index contributed by atoms with van der Waals surface area (Å²) in [6.45, 7) is 15.6. The first-order valence-electron chi connectivity index (χ1n) is 15.6. The zero-order valence-corrected chi connectivity index (χ0v) is 27.5. The number of aromatic amines is 1. The number of carbonyl (C=O) groups excluding carboxylic acids is 3. The van der Waals surface area contributed by atoms with E-state index in [9.17, 15) is 14.4 Å². The van der Waals surface area contributed by atoms with E-state index in [1.54, 1.807) is 43.9 Å². The van der Waals surface area contributed by atoms with Crippen LogP contribution in [0.3, 0.4) is 0 Å². The lowest BCUT2D eigenvalue weighted by atomic mass is 9.71. The van der Waals surface area contributed by atoms with Gasteiger partial charge in [-0.2, -0.15) is 0 Å². The third-order valence-electron chi connectivity index (χ3n) is 7.14. The number of hydrogen-bond acceptors (Lipinski definition) is 5. The number of alkyl carbamates (subject to hydrolysis) is 1. The molecule has 0 fully saturated rings. The number of amides is 3. The second-order valence-electron chi connectivity index (χ2n) is 12.0. The summed E-state index contributed by atoms with van der Waals surface area (Å²) < 4.78 is 5.42. The van der Waals surface area contributed by atoms with Crippen LogP contribution in [0.2, 0.25) is 6.82 Å². The average Bonchev–Trinajstić information content (AvgIpc) is 3.40. The van der Waals surface area contributed by atoms with Gasteiger partial charge in [-0.25, -0.2) is 4.79 Å². The number of H-pyrrole nitrogens is 1. The van der Waals surface area contributed by atoms with E-state index in [2.05, 4.69) is 41.6 Å². The lowest BCUT2D eigenvalue weighted by molar-refractivity contribution is -0.133. The van der Waals surface area contributed by atoms with Crippen LogP contribution in [-0.2, 0) is 20.7 Å². The Morgan fingerprint density at radius 3 is 2.58 bits per heavy atom. The van der Waals surface area contributed by atoms with Gasteiger partial charge in [0.25, 0.3) is 0 Å². The van der Waals surface area contributed by atoms with E-state index >= 15 is 0 Å². The van der Waals surface area contributed by atoms with Crippen molar-refractivity contribution in [2.45, 2.75) is 84.7 Å². The zero-order valence-electron chi connectivity index (χ0n) is 27.5. The Balaban J connectivity index is 1.64. The van der Waals surface area contributed by atoms with Gasteiger partial charge < -0.3 is 25.3 Å². The van der Waals surface area contributed by atoms with Gasteiger partial charge in [0.1, 0.15) is 18.9 Å². The number of hydrogen-bond donors (Lipinski definition) is 3. The number of anilines is 1. The monoisotopic (exact) mass is 612 g/mol. The van der Waals surface area contributed by atoms with Gasteiger partial charge in [0.15, 0.2) is 0 Å². The molecule has 1 aliphatic rings. The van der Waals surface area contributed by atoms with Gasteiger partial charge in [-0.1, -0.05) is 62.8 Å². The molecular formula is C35H47BN5O4. The molecule has 3 rings (SSSR count). The number of ether oxygens (including phenoxy) is 1. The standard InChI is InChI=1S/C35H47BN5O4/c1-8-11-12-25(10-3)32(40-34(44)45-35(4,5)6)33(43)41(20-9-2)21-19-31(42)38-26-15-13-24(14-16-26)22-27-23-29-28(37-27)17-18-30(36-7)39-29/h8,10-17,23,30,32,37H,3,9,18-22H2,1-2,4-7H3,(H,38,42)(H,40,44). The first-order valence-corrected chi connectivity index (χ1v) is 15.6. The van der Waals surface area contributed by atoms with Crippen LogP contribution in [0.15, 0.2) is 71.8 Å². The SMILES string of the molecule is C=CC(=CC=CC)C(NC(=O)OC(C)(C)C)C(=O)N(CCC)CCC(=O)Nc1ccc(Cc2cc3c([nH]2)=CCC([B]C)N=3)cc1. The van der Waals surface area contributed by atoms with Crippen LogP contribution in [0, 0.1) is 0 Å². The van der Waals surface area contributed by atoms with E-state index in [1.807, 2.05) is 51.0 Å². The van der Waals surface area contributed by atoms with Crippen LogP contribution in [0.4, 0.5) is 10.5 Å². The molecule has 1 radical (unpaired) electrons. The predicted molar refractivity (Wildman–Crippen MR) is 182 cm³/mol. The maximum absolute atomic E-state index is 13.8. The molecular weight excluding hydrogens is 565 g/mol. The first kappa shape index (κ1) is 35.1. The molecule has 2 atom stereocenters. The molecule has 10 heteroatoms. The molecule has 2 heterocycles. The van der Waals surface area contributed by atoms with Crippen molar-refractivity contribution in [3.8, 4) is 0 Å². The number of nitrogens with zero attached hydrogens (tertiary/aromatic N) is 2. The largest absolute Gasteiger partial charge is 0.444 e. The number of allylic oxidation sites excluding steroid dienone is 3. The maximum atomic E-state index is 13.8. The summed E-state index contributed by atoms with van der Waals surface area (Å²) in [6, 6.07) is 8.83. The molecule has 0 spiro atoms. The molecule has 2 aromatic rings. The highest BCUT2D eigenvalue weighted by Crippen LogP contribution is 2.15. The molecule has 1 aromatic carbocycles. The normalized spacial score (nSPS) is 15.2. The molecule has 45 heavy (non-hydrogen) atoms. The fraction of sp³-hybridized carbons (Fsp3) is 0.429. The Morgan fingerprint density at radius 1 is 1.22 bits per heavy atom. The van der Waals surface area contributed by atoms with Crippen molar-refractivity contribution in [2.24, 2.45) is 4.99 Å². The van der Waals surface area contributed by atoms with Crippen LogP contribution in [0.1, 0.15) is 65.1 Å². The van der Waals surface area contributed by atoms with Crippen LogP contribution >= 0.6 is 0 Å². The number of nitrogens with one attached hydrogen (secondary N) is 3. The minimum absolute atomic E-state index is 0.0961. The fourth-order valence-electron chi connectivity index (χ4n) is 4.93. The molecule has 2 unspecified atom stereocenters. The van der Waals surface area contributed by atoms with Crippen molar-refractivity contribution in [3.63, 3.8) is 0 Å². The highest BCUT2D eigenvalue weighted by Gasteiger charge is 2.30. The number of carbonyl (C=O) groups is 3. The Kier molecular flexibility index (Phi) is 13.0. The summed E-state index contributed by atoms with van der Waals surface area (Å²) in [5.74, 6) is -0.315. The number of fused-ring (bicyclic) bond motifs is 1. The summed E-state index contributed by atoms with van der Waals surface area (Å²) >= 11 is 0. The van der Waals surface area contributed by atoms with Crippen molar-refractivity contribution < 1.29 is 19.1 Å². The second kappa shape index (κ2) is 16.7. The lowest BCUT2D eigenvalue weighted by Gasteiger charge is -2.29. The molecule has 3 amide bonds. The predicted octanol–water partition coefficient (Wildman–Crippen LogP) is 4.64. The number of aromatic nitrogens is 1. The van der Waals surface area contributed by atoms with Crippen molar-refractivity contribution in [1.82, 2.24) is 15.2 Å². The maximum Gasteiger partial charge on any atom is 0.408 e. The molecule has 1 aliphatic heterocycles. The minimum Gasteiger partial charge on any atom is -0.444 e. The molecule has 0 bridgehead atoms. The number of rotatable bonds is 14. The van der Waals surface area contributed by atoms with E-state index in [4.69, 9.17) is 9.73 Å². The average molecular weight is 613 g/mol. The molecule has 3 N–H and O–H groups in total. The lowest BCUT2D eigenvalue weighted by Crippen LogP contribution is -2.51. The number of benzene rings is 1. The molecule has 239 valence electrons. The quantitative estimate of drug-likeness (QED) is 0.213. The van der Waals surface area contributed by atoms with Gasteiger partial charge in [-0.05, 0) is 69.9 Å². The van der Waals surface area contributed by atoms with Crippen LogP contribution < -0.4 is 21.3 Å². The Labute approximate surface area is 267 Å². The van der Waals surface area contributed by atoms with Crippen molar-refractivity contribution in [3.05, 3.63) is 88.8 Å². The Hall–Kier alpha value is -4.34. The topological polar surface area (TPSA) is 116 Å². The van der Waals surface area contributed by atoms with Crippen LogP contribution in [-0.4, -0.2) is 65.7 Å². The van der Waals surface area contributed by atoms with Crippen molar-refractivity contribution in [1.29, 1.82) is 0 Å². The summed E-state index contributed by atoms with van der Waals surface area (Å²) in [7, 11) is 2.11. The van der Waals surface area contributed by atoms with Gasteiger partial charge >= 0.3 is 6.09 Å². The van der Waals surface area contributed by atoms with E-state index in [0.717, 1.165) is 34.8 Å². The van der Waals surface area contributed by atoms with E-state index < -0.39 is 17.7 Å². The Morgan fingerprint density at radius 2 is 1.96 bits per heavy atom. The van der Waals surface area contributed by atoms with Gasteiger partial charge in [0.2, 0.25) is 11.8 Å². The summed E-state index contributed by atoms with van der Waals surface area (Å²) in [6.07, 6.45) is 10.8. The van der Waals surface area contributed by atoms with E-state index in [0.29, 0.717) is 24.2 Å². The molecule has 0 aliphatic carbocycles. The first-order chi connectivity index (χ1) is 21.5. The molecule has 9 nitrogen and oxygen atoms in total. The zero-order chi connectivity index (χ0) is 33.0. The van der Waals surface area contributed by atoms with Crippen molar-refractivity contribution in [2.75, 3.05) is 18.4 Å². The van der Waals surface area contributed by atoms with Crippen LogP contribution in [0.5, 0.6) is 0 Å². The minimum atomic E-state index is -1.01. The van der Waals surface area contributed by atoms with Crippen molar-refractivity contribution >= 4 is 37.0 Å². The van der Waals surface area contributed by atoms with Crippen LogP contribution in [0.25, 0.3) is 6.08 Å². The summed E-state index contributed by atoms with van der Waals surface area (Å²) in [5, 5.41) is 7.71. The third-order valence-corrected chi connectivity index (χ3v) is 7.14. The summed E-state index contributed by atoms with van der Waals surface area (Å²) in [5.41, 5.74) is 2.67. The fourth-order valence-corrected chi connectivity index (χ4v) is 4.93. The smallest absolute Gasteiger partial charge is 0.408 e. The van der Waals surface area contributed by atoms with Gasteiger partial charge in [-0.3, -0.25) is 14.6 Å². The van der Waals surface area contributed by atoms with E-state index in [1.165, 1.54) is 0 Å². The molecule has 0 saturated carbocycles. The van der Waals surface area contributed by atoms with Gasteiger partial charge in [0, 0.05) is 43.3 Å². The third kappa shape index (κ3) is 11.0. The van der Waals surface area contributed by atoms with Gasteiger partial charge in [-0.15, -0.1) is 0 Å². The highest BCUT2D eigenvalue weighted by atomic mass is 16.6.